The molecule has 0 bridgehead atoms. The second-order valence-electron chi connectivity index (χ2n) is 3.25. The van der Waals surface area contributed by atoms with Gasteiger partial charge in [0.1, 0.15) is 5.69 Å². The number of halogens is 1. The van der Waals surface area contributed by atoms with Crippen LogP contribution < -0.4 is 0 Å². The fraction of sp³-hybridized carbons (Fsp3) is 0.182. The van der Waals surface area contributed by atoms with Crippen molar-refractivity contribution in [3.05, 3.63) is 40.8 Å². The highest BCUT2D eigenvalue weighted by molar-refractivity contribution is 6.32. The minimum absolute atomic E-state index is 0.456. The van der Waals surface area contributed by atoms with Gasteiger partial charge in [0, 0.05) is 6.20 Å². The average Bonchev–Trinajstić information content (AvgIpc) is 2.72. The number of rotatable bonds is 3. The van der Waals surface area contributed by atoms with Gasteiger partial charge in [-0.05, 0) is 24.6 Å². The second kappa shape index (κ2) is 4.45. The molecule has 0 atom stereocenters. The molecule has 0 spiro atoms. The maximum Gasteiger partial charge on any atom is 0.172 e. The van der Waals surface area contributed by atoms with Gasteiger partial charge in [0.25, 0.3) is 0 Å². The molecule has 0 radical (unpaired) electrons. The third-order valence-corrected chi connectivity index (χ3v) is 2.51. The summed E-state index contributed by atoms with van der Waals surface area (Å²) in [5.41, 5.74) is 1.29. The van der Waals surface area contributed by atoms with Gasteiger partial charge in [-0.1, -0.05) is 18.5 Å². The van der Waals surface area contributed by atoms with Gasteiger partial charge in [0.15, 0.2) is 12.1 Å². The lowest BCUT2D eigenvalue weighted by Gasteiger charge is -2.03. The van der Waals surface area contributed by atoms with Gasteiger partial charge in [-0.3, -0.25) is 4.79 Å². The quantitative estimate of drug-likeness (QED) is 0.767. The molecular formula is C11H10ClN3O. The van der Waals surface area contributed by atoms with E-state index in [0.29, 0.717) is 16.5 Å². The van der Waals surface area contributed by atoms with Crippen molar-refractivity contribution in [2.24, 2.45) is 0 Å². The van der Waals surface area contributed by atoms with Gasteiger partial charge >= 0.3 is 0 Å². The maximum atomic E-state index is 10.9. The molecule has 0 fully saturated rings. The zero-order valence-electron chi connectivity index (χ0n) is 8.72. The van der Waals surface area contributed by atoms with Crippen LogP contribution in [0.15, 0.2) is 24.4 Å². The summed E-state index contributed by atoms with van der Waals surface area (Å²) >= 11 is 6.00. The Morgan fingerprint density at radius 1 is 1.56 bits per heavy atom. The van der Waals surface area contributed by atoms with Crippen LogP contribution in [0.3, 0.4) is 0 Å². The molecule has 16 heavy (non-hydrogen) atoms. The normalized spacial score (nSPS) is 10.4. The van der Waals surface area contributed by atoms with Crippen LogP contribution in [0.25, 0.3) is 5.82 Å². The van der Waals surface area contributed by atoms with Crippen LogP contribution in [0.2, 0.25) is 5.02 Å². The van der Waals surface area contributed by atoms with Crippen molar-refractivity contribution in [3.63, 3.8) is 0 Å². The summed E-state index contributed by atoms with van der Waals surface area (Å²) in [6, 6.07) is 5.18. The minimum Gasteiger partial charge on any atom is -0.296 e. The summed E-state index contributed by atoms with van der Waals surface area (Å²) in [6.07, 6.45) is 3.12. The third kappa shape index (κ3) is 1.84. The Bertz CT molecular complexity index is 522. The Labute approximate surface area is 97.9 Å². The lowest BCUT2D eigenvalue weighted by atomic mass is 10.3. The van der Waals surface area contributed by atoms with Gasteiger partial charge in [0.2, 0.25) is 0 Å². The van der Waals surface area contributed by atoms with Crippen LogP contribution in [0.1, 0.15) is 23.1 Å². The fourth-order valence-electron chi connectivity index (χ4n) is 1.41. The van der Waals surface area contributed by atoms with Crippen molar-refractivity contribution in [2.45, 2.75) is 13.3 Å². The molecule has 2 aromatic rings. The van der Waals surface area contributed by atoms with Gasteiger partial charge in [-0.15, -0.1) is 0 Å². The Kier molecular flexibility index (Phi) is 3.01. The molecular weight excluding hydrogens is 226 g/mol. The summed E-state index contributed by atoms with van der Waals surface area (Å²) < 4.78 is 1.47. The second-order valence-corrected chi connectivity index (χ2v) is 3.66. The number of pyridine rings is 1. The summed E-state index contributed by atoms with van der Waals surface area (Å²) in [5.74, 6) is 0.478. The van der Waals surface area contributed by atoms with Crippen LogP contribution in [0, 0.1) is 0 Å². The molecule has 4 nitrogen and oxygen atoms in total. The lowest BCUT2D eigenvalue weighted by molar-refractivity contribution is 0.111. The molecule has 2 heterocycles. The Morgan fingerprint density at radius 3 is 3.00 bits per heavy atom. The molecule has 2 aromatic heterocycles. The number of hydrogen-bond acceptors (Lipinski definition) is 3. The summed E-state index contributed by atoms with van der Waals surface area (Å²) in [5, 5.41) is 4.74. The lowest BCUT2D eigenvalue weighted by Crippen LogP contribution is -2.04. The molecule has 0 saturated carbocycles. The van der Waals surface area contributed by atoms with Crippen molar-refractivity contribution in [1.29, 1.82) is 0 Å². The molecule has 0 saturated heterocycles. The number of aryl methyl sites for hydroxylation is 1. The van der Waals surface area contributed by atoms with Crippen molar-refractivity contribution in [2.75, 3.05) is 0 Å². The molecule has 0 unspecified atom stereocenters. The van der Waals surface area contributed by atoms with E-state index in [9.17, 15) is 4.79 Å². The predicted molar refractivity (Wildman–Crippen MR) is 61.1 cm³/mol. The van der Waals surface area contributed by atoms with Crippen molar-refractivity contribution in [3.8, 4) is 5.82 Å². The van der Waals surface area contributed by atoms with E-state index in [1.165, 1.54) is 4.68 Å². The molecule has 0 aliphatic carbocycles. The van der Waals surface area contributed by atoms with Crippen molar-refractivity contribution < 1.29 is 4.79 Å². The largest absolute Gasteiger partial charge is 0.296 e. The first kappa shape index (κ1) is 10.8. The van der Waals surface area contributed by atoms with Crippen LogP contribution in [0.4, 0.5) is 0 Å². The van der Waals surface area contributed by atoms with Crippen LogP contribution in [-0.4, -0.2) is 21.1 Å². The Hall–Kier alpha value is -1.68. The average molecular weight is 236 g/mol. The van der Waals surface area contributed by atoms with Gasteiger partial charge < -0.3 is 0 Å². The molecule has 0 amide bonds. The van der Waals surface area contributed by atoms with E-state index in [4.69, 9.17) is 11.6 Å². The Morgan fingerprint density at radius 2 is 2.38 bits per heavy atom. The highest BCUT2D eigenvalue weighted by atomic mass is 35.5. The number of carbonyl (C=O) groups excluding carboxylic acids is 1. The minimum atomic E-state index is 0.456. The zero-order valence-corrected chi connectivity index (χ0v) is 9.48. The molecule has 5 heteroatoms. The summed E-state index contributed by atoms with van der Waals surface area (Å²) in [7, 11) is 0. The first-order valence-electron chi connectivity index (χ1n) is 4.91. The van der Waals surface area contributed by atoms with E-state index >= 15 is 0 Å². The fourth-order valence-corrected chi connectivity index (χ4v) is 1.61. The van der Waals surface area contributed by atoms with Gasteiger partial charge in [0.05, 0.1) is 10.7 Å². The molecule has 0 aromatic carbocycles. The monoisotopic (exact) mass is 235 g/mol. The molecule has 82 valence electrons. The third-order valence-electron chi connectivity index (χ3n) is 2.21. The molecule has 0 aliphatic heterocycles. The van der Waals surface area contributed by atoms with Gasteiger partial charge in [-0.25, -0.2) is 9.67 Å². The molecule has 0 N–H and O–H groups in total. The van der Waals surface area contributed by atoms with Crippen molar-refractivity contribution in [1.82, 2.24) is 14.8 Å². The van der Waals surface area contributed by atoms with E-state index < -0.39 is 0 Å². The first-order valence-corrected chi connectivity index (χ1v) is 5.29. The predicted octanol–water partition coefficient (Wildman–Crippen LogP) is 2.30. The zero-order chi connectivity index (χ0) is 11.5. The van der Waals surface area contributed by atoms with E-state index in [-0.39, 0.29) is 0 Å². The number of aldehydes is 1. The first-order chi connectivity index (χ1) is 7.76. The number of nitrogens with zero attached hydrogens (tertiary/aromatic N) is 3. The van der Waals surface area contributed by atoms with E-state index in [1.807, 2.05) is 6.92 Å². The highest BCUT2D eigenvalue weighted by Gasteiger charge is 2.11. The number of hydrogen-bond donors (Lipinski definition) is 0. The van der Waals surface area contributed by atoms with E-state index in [0.717, 1.165) is 18.4 Å². The van der Waals surface area contributed by atoms with E-state index in [1.54, 1.807) is 24.4 Å². The smallest absolute Gasteiger partial charge is 0.172 e. The van der Waals surface area contributed by atoms with Gasteiger partial charge in [-0.2, -0.15) is 5.10 Å². The van der Waals surface area contributed by atoms with Crippen LogP contribution in [0.5, 0.6) is 0 Å². The SMILES string of the molecule is CCc1cc(C=O)n(-c2ncccc2Cl)n1. The maximum absolute atomic E-state index is 10.9. The molecule has 2 rings (SSSR count). The van der Waals surface area contributed by atoms with Crippen LogP contribution >= 0.6 is 11.6 Å². The topological polar surface area (TPSA) is 47.8 Å². The van der Waals surface area contributed by atoms with Crippen LogP contribution in [-0.2, 0) is 6.42 Å². The van der Waals surface area contributed by atoms with E-state index in [2.05, 4.69) is 10.1 Å². The number of aromatic nitrogens is 3. The molecule has 0 aliphatic rings. The summed E-state index contributed by atoms with van der Waals surface area (Å²) in [4.78, 5) is 15.0. The number of carbonyl (C=O) groups is 1. The van der Waals surface area contributed by atoms with Crippen molar-refractivity contribution >= 4 is 17.9 Å². The standard InChI is InChI=1S/C11H10ClN3O/c1-2-8-6-9(7-16)15(14-8)11-10(12)4-3-5-13-11/h3-7H,2H2,1H3. The highest BCUT2D eigenvalue weighted by Crippen LogP contribution is 2.18. The summed E-state index contributed by atoms with van der Waals surface area (Å²) in [6.45, 7) is 1.97. The Balaban J connectivity index is 2.59.